The zero-order chi connectivity index (χ0) is 23.5. The first-order chi connectivity index (χ1) is 15.0. The third-order valence-electron chi connectivity index (χ3n) is 6.82. The maximum atomic E-state index is 13.0. The molecule has 1 aliphatic heterocycles. The summed E-state index contributed by atoms with van der Waals surface area (Å²) in [4.78, 5) is 52.2. The van der Waals surface area contributed by atoms with Gasteiger partial charge in [0.2, 0.25) is 11.8 Å². The lowest BCUT2D eigenvalue weighted by Crippen LogP contribution is -2.45. The molecule has 2 saturated carbocycles. The van der Waals surface area contributed by atoms with Crippen LogP contribution in [0.4, 0.5) is 5.69 Å². The van der Waals surface area contributed by atoms with Crippen LogP contribution in [-0.4, -0.2) is 50.9 Å². The summed E-state index contributed by atoms with van der Waals surface area (Å²) < 4.78 is 6.10. The van der Waals surface area contributed by atoms with Crippen LogP contribution < -0.4 is 5.32 Å². The number of carbonyl (C=O) groups excluding carboxylic acids is 4. The summed E-state index contributed by atoms with van der Waals surface area (Å²) in [5.41, 5.74) is 2.53. The number of hydrogen-bond acceptors (Lipinski definition) is 5. The van der Waals surface area contributed by atoms with E-state index in [4.69, 9.17) is 4.74 Å². The molecule has 1 aromatic carbocycles. The number of nitrogens with one attached hydrogen (secondary N) is 1. The quantitative estimate of drug-likeness (QED) is 0.303. The summed E-state index contributed by atoms with van der Waals surface area (Å²) in [5, 5.41) is 2.70. The van der Waals surface area contributed by atoms with E-state index in [1.807, 2.05) is 26.0 Å². The fourth-order valence-corrected chi connectivity index (χ4v) is 7.43. The predicted molar refractivity (Wildman–Crippen MR) is 129 cm³/mol. The van der Waals surface area contributed by atoms with E-state index in [9.17, 15) is 19.2 Å². The second-order valence-electron chi connectivity index (χ2n) is 8.81. The molecule has 0 spiro atoms. The van der Waals surface area contributed by atoms with Gasteiger partial charge in [0.25, 0.3) is 5.91 Å². The Hall–Kier alpha value is -1.26. The van der Waals surface area contributed by atoms with Crippen molar-refractivity contribution in [2.24, 2.45) is 23.7 Å². The van der Waals surface area contributed by atoms with Crippen LogP contribution in [0.5, 0.6) is 0 Å². The second-order valence-corrected chi connectivity index (χ2v) is 11.7. The molecule has 1 aromatic rings. The standard InChI is InChI=1S/C22H23Br3N2O5/c1-8-4-11(5-9(2)17(8)23)26-14(28)7-32-22(31)10(3)27-20(29)15-12-6-13(16(15)21(27)30)19(25)18(12)24/h4-5,10,12-13,15-16,18-19H,6-7H2,1-3H3,(H,26,28)/t10-,12+,13+,15-,16+,18-,19-/m0/s1. The maximum Gasteiger partial charge on any atom is 0.329 e. The normalized spacial score (nSPS) is 31.6. The van der Waals surface area contributed by atoms with Crippen molar-refractivity contribution in [1.29, 1.82) is 0 Å². The second kappa shape index (κ2) is 8.83. The number of rotatable bonds is 5. The van der Waals surface area contributed by atoms with Gasteiger partial charge in [-0.15, -0.1) is 0 Å². The van der Waals surface area contributed by atoms with Crippen LogP contribution in [-0.2, 0) is 23.9 Å². The highest BCUT2D eigenvalue weighted by Crippen LogP contribution is 2.60. The first-order valence-electron chi connectivity index (χ1n) is 10.4. The van der Waals surface area contributed by atoms with E-state index in [1.165, 1.54) is 6.92 Å². The van der Waals surface area contributed by atoms with Crippen molar-refractivity contribution >= 4 is 77.2 Å². The van der Waals surface area contributed by atoms with Gasteiger partial charge in [-0.1, -0.05) is 47.8 Å². The molecule has 0 unspecified atom stereocenters. The van der Waals surface area contributed by atoms with Crippen LogP contribution in [0.2, 0.25) is 0 Å². The molecule has 0 aromatic heterocycles. The maximum absolute atomic E-state index is 13.0. The van der Waals surface area contributed by atoms with Crippen LogP contribution in [0, 0.1) is 37.5 Å². The Balaban J connectivity index is 1.37. The van der Waals surface area contributed by atoms with Crippen molar-refractivity contribution in [3.63, 3.8) is 0 Å². The van der Waals surface area contributed by atoms with Crippen molar-refractivity contribution in [2.45, 2.75) is 42.9 Å². The van der Waals surface area contributed by atoms with Crippen molar-refractivity contribution in [3.05, 3.63) is 27.7 Å². The molecule has 3 aliphatic rings. The molecule has 4 rings (SSSR count). The number of carbonyl (C=O) groups is 4. The van der Waals surface area contributed by atoms with Crippen molar-refractivity contribution in [2.75, 3.05) is 11.9 Å². The number of nitrogens with zero attached hydrogens (tertiary/aromatic N) is 1. The number of benzene rings is 1. The molecule has 3 amide bonds. The summed E-state index contributed by atoms with van der Waals surface area (Å²) in [7, 11) is 0. The van der Waals surface area contributed by atoms with E-state index < -0.39 is 36.4 Å². The molecule has 2 aliphatic carbocycles. The Bertz CT molecular complexity index is 960. The highest BCUT2D eigenvalue weighted by atomic mass is 79.9. The molecule has 32 heavy (non-hydrogen) atoms. The molecule has 1 saturated heterocycles. The van der Waals surface area contributed by atoms with Crippen LogP contribution in [0.3, 0.4) is 0 Å². The Morgan fingerprint density at radius 2 is 1.59 bits per heavy atom. The number of ether oxygens (including phenoxy) is 1. The Kier molecular flexibility index (Phi) is 6.59. The minimum atomic E-state index is -1.08. The van der Waals surface area contributed by atoms with Crippen molar-refractivity contribution in [1.82, 2.24) is 4.90 Å². The number of hydrogen-bond donors (Lipinski definition) is 1. The number of alkyl halides is 2. The first kappa shape index (κ1) is 23.9. The molecule has 0 radical (unpaired) electrons. The van der Waals surface area contributed by atoms with E-state index in [-0.39, 0.29) is 33.3 Å². The predicted octanol–water partition coefficient (Wildman–Crippen LogP) is 3.71. The number of halogens is 3. The Labute approximate surface area is 211 Å². The summed E-state index contributed by atoms with van der Waals surface area (Å²) in [6.45, 7) is 4.79. The van der Waals surface area contributed by atoms with E-state index in [2.05, 4.69) is 53.1 Å². The van der Waals surface area contributed by atoms with Crippen molar-refractivity contribution < 1.29 is 23.9 Å². The van der Waals surface area contributed by atoms with Gasteiger partial charge >= 0.3 is 5.97 Å². The van der Waals surface area contributed by atoms with E-state index in [0.29, 0.717) is 5.69 Å². The van der Waals surface area contributed by atoms with Gasteiger partial charge < -0.3 is 10.1 Å². The molecule has 172 valence electrons. The molecular formula is C22H23Br3N2O5. The lowest BCUT2D eigenvalue weighted by Gasteiger charge is -2.28. The van der Waals surface area contributed by atoms with E-state index in [0.717, 1.165) is 26.9 Å². The smallest absolute Gasteiger partial charge is 0.329 e. The fourth-order valence-electron chi connectivity index (χ4n) is 5.33. The van der Waals surface area contributed by atoms with Gasteiger partial charge in [0.15, 0.2) is 6.61 Å². The molecule has 1 N–H and O–H groups in total. The third kappa shape index (κ3) is 3.86. The van der Waals surface area contributed by atoms with Gasteiger partial charge in [-0.2, -0.15) is 0 Å². The minimum absolute atomic E-state index is 0.0719. The fraction of sp³-hybridized carbons (Fsp3) is 0.545. The lowest BCUT2D eigenvalue weighted by molar-refractivity contribution is -0.159. The first-order valence-corrected chi connectivity index (χ1v) is 13.0. The molecule has 1 heterocycles. The van der Waals surface area contributed by atoms with Gasteiger partial charge in [-0.25, -0.2) is 4.79 Å². The number of anilines is 1. The minimum Gasteiger partial charge on any atom is -0.454 e. The highest BCUT2D eigenvalue weighted by molar-refractivity contribution is 9.12. The van der Waals surface area contributed by atoms with Crippen LogP contribution >= 0.6 is 47.8 Å². The number of fused-ring (bicyclic) bond motifs is 5. The number of esters is 1. The number of aryl methyl sites for hydroxylation is 2. The monoisotopic (exact) mass is 632 g/mol. The van der Waals surface area contributed by atoms with Gasteiger partial charge in [-0.3, -0.25) is 19.3 Å². The zero-order valence-corrected chi connectivity index (χ0v) is 22.5. The SMILES string of the molecule is Cc1cc(NC(=O)COC(=O)[C@H](C)N2C(=O)[C@@H]3[C@H]4C[C@@H]([C@H](Br)[C@H]4Br)[C@@H]3C2=O)cc(C)c1Br. The molecule has 7 atom stereocenters. The van der Waals surface area contributed by atoms with Crippen LogP contribution in [0.15, 0.2) is 16.6 Å². The topological polar surface area (TPSA) is 92.8 Å². The average Bonchev–Trinajstić information content (AvgIpc) is 3.34. The van der Waals surface area contributed by atoms with Crippen LogP contribution in [0.1, 0.15) is 24.5 Å². The average molecular weight is 635 g/mol. The van der Waals surface area contributed by atoms with Crippen LogP contribution in [0.25, 0.3) is 0 Å². The van der Waals surface area contributed by atoms with Gasteiger partial charge in [-0.05, 0) is 62.3 Å². The zero-order valence-electron chi connectivity index (χ0n) is 17.7. The van der Waals surface area contributed by atoms with Gasteiger partial charge in [0.1, 0.15) is 6.04 Å². The van der Waals surface area contributed by atoms with E-state index in [1.54, 1.807) is 0 Å². The Morgan fingerprint density at radius 1 is 1.09 bits per heavy atom. The molecular weight excluding hydrogens is 612 g/mol. The van der Waals surface area contributed by atoms with Crippen molar-refractivity contribution in [3.8, 4) is 0 Å². The third-order valence-corrected chi connectivity index (χ3v) is 11.3. The highest BCUT2D eigenvalue weighted by Gasteiger charge is 2.67. The van der Waals surface area contributed by atoms with Gasteiger partial charge in [0, 0.05) is 19.8 Å². The summed E-state index contributed by atoms with van der Waals surface area (Å²) in [6, 6.07) is 2.54. The molecule has 2 bridgehead atoms. The largest absolute Gasteiger partial charge is 0.454 e. The number of amides is 3. The lowest BCUT2D eigenvalue weighted by atomic mass is 9.81. The van der Waals surface area contributed by atoms with Gasteiger partial charge in [0.05, 0.1) is 11.8 Å². The van der Waals surface area contributed by atoms with E-state index >= 15 is 0 Å². The molecule has 10 heteroatoms. The molecule has 3 fully saturated rings. The summed E-state index contributed by atoms with van der Waals surface area (Å²) >= 11 is 10.8. The Morgan fingerprint density at radius 3 is 2.09 bits per heavy atom. The summed E-state index contributed by atoms with van der Waals surface area (Å²) in [6.07, 6.45) is 0.820. The summed E-state index contributed by atoms with van der Waals surface area (Å²) in [5.74, 6) is -2.54. The number of likely N-dealkylation sites (tertiary alicyclic amines) is 1. The molecule has 7 nitrogen and oxygen atoms in total. The number of imide groups is 1.